The number of carbonyl (C=O) groups is 2. The maximum absolute atomic E-state index is 13.2. The van der Waals surface area contributed by atoms with Crippen molar-refractivity contribution < 1.29 is 18.7 Å². The van der Waals surface area contributed by atoms with Crippen LogP contribution in [0.5, 0.6) is 5.75 Å². The van der Waals surface area contributed by atoms with Gasteiger partial charge in [-0.15, -0.1) is 5.10 Å². The van der Waals surface area contributed by atoms with Gasteiger partial charge >= 0.3 is 0 Å². The SMILES string of the molecule is CCNC(=O)c1ccc(-n2nnc(C(=O)NC3CC3)c2COc2ccc(F)cc2)cc1. The average Bonchev–Trinajstić information content (AvgIpc) is 3.49. The third-order valence-electron chi connectivity index (χ3n) is 4.79. The van der Waals surface area contributed by atoms with Crippen LogP contribution in [-0.4, -0.2) is 39.4 Å². The lowest BCUT2D eigenvalue weighted by molar-refractivity contribution is 0.0939. The predicted octanol–water partition coefficient (Wildman–Crippen LogP) is 2.63. The number of nitrogens with zero attached hydrogens (tertiary/aromatic N) is 3. The molecule has 3 aromatic rings. The van der Waals surface area contributed by atoms with Crippen molar-refractivity contribution in [3.8, 4) is 11.4 Å². The van der Waals surface area contributed by atoms with Crippen LogP contribution in [0.25, 0.3) is 5.69 Å². The molecule has 1 aromatic heterocycles. The van der Waals surface area contributed by atoms with Gasteiger partial charge in [0.25, 0.3) is 11.8 Å². The number of ether oxygens (including phenoxy) is 1. The topological polar surface area (TPSA) is 98.1 Å². The molecular formula is C22H22FN5O3. The lowest BCUT2D eigenvalue weighted by atomic mass is 10.2. The molecule has 1 heterocycles. The first-order chi connectivity index (χ1) is 15.0. The molecule has 2 N–H and O–H groups in total. The van der Waals surface area contributed by atoms with E-state index in [-0.39, 0.29) is 36.0 Å². The van der Waals surface area contributed by atoms with Gasteiger partial charge in [-0.3, -0.25) is 9.59 Å². The third-order valence-corrected chi connectivity index (χ3v) is 4.79. The zero-order valence-corrected chi connectivity index (χ0v) is 17.0. The fourth-order valence-electron chi connectivity index (χ4n) is 3.00. The van der Waals surface area contributed by atoms with Crippen molar-refractivity contribution in [2.45, 2.75) is 32.4 Å². The molecule has 1 aliphatic carbocycles. The van der Waals surface area contributed by atoms with Gasteiger partial charge < -0.3 is 15.4 Å². The van der Waals surface area contributed by atoms with E-state index >= 15 is 0 Å². The number of hydrogen-bond donors (Lipinski definition) is 2. The Morgan fingerprint density at radius 2 is 1.81 bits per heavy atom. The summed E-state index contributed by atoms with van der Waals surface area (Å²) >= 11 is 0. The van der Waals surface area contributed by atoms with Crippen LogP contribution in [0.3, 0.4) is 0 Å². The number of aromatic nitrogens is 3. The zero-order chi connectivity index (χ0) is 21.8. The van der Waals surface area contributed by atoms with Crippen molar-refractivity contribution in [3.05, 3.63) is 71.3 Å². The highest BCUT2D eigenvalue weighted by Gasteiger charge is 2.28. The van der Waals surface area contributed by atoms with Crippen LogP contribution >= 0.6 is 0 Å². The molecule has 0 saturated heterocycles. The van der Waals surface area contributed by atoms with Crippen LogP contribution in [0.15, 0.2) is 48.5 Å². The first kappa shape index (κ1) is 20.5. The Labute approximate surface area is 178 Å². The highest BCUT2D eigenvalue weighted by atomic mass is 19.1. The van der Waals surface area contributed by atoms with Crippen LogP contribution in [0.4, 0.5) is 4.39 Å². The standard InChI is InChI=1S/C22H22FN5O3/c1-2-24-21(29)14-3-9-17(10-4-14)28-19(13-31-18-11-5-15(23)6-12-18)20(26-27-28)22(30)25-16-7-8-16/h3-6,9-12,16H,2,7-8,13H2,1H3,(H,24,29)(H,25,30). The summed E-state index contributed by atoms with van der Waals surface area (Å²) in [7, 11) is 0. The molecule has 0 atom stereocenters. The molecule has 0 bridgehead atoms. The number of rotatable bonds is 8. The molecule has 2 aromatic carbocycles. The normalized spacial score (nSPS) is 13.0. The van der Waals surface area contributed by atoms with Crippen molar-refractivity contribution in [2.75, 3.05) is 6.54 Å². The molecular weight excluding hydrogens is 401 g/mol. The van der Waals surface area contributed by atoms with Gasteiger partial charge in [-0.25, -0.2) is 9.07 Å². The molecule has 0 unspecified atom stereocenters. The van der Waals surface area contributed by atoms with Gasteiger partial charge in [0, 0.05) is 18.2 Å². The van der Waals surface area contributed by atoms with Crippen molar-refractivity contribution in [3.63, 3.8) is 0 Å². The van der Waals surface area contributed by atoms with Gasteiger partial charge in [-0.05, 0) is 68.3 Å². The second-order valence-corrected chi connectivity index (χ2v) is 7.19. The summed E-state index contributed by atoms with van der Waals surface area (Å²) in [6.45, 7) is 2.39. The van der Waals surface area contributed by atoms with Crippen LogP contribution in [0.2, 0.25) is 0 Å². The predicted molar refractivity (Wildman–Crippen MR) is 111 cm³/mol. The number of nitrogens with one attached hydrogen (secondary N) is 2. The molecule has 8 nitrogen and oxygen atoms in total. The molecule has 0 aliphatic heterocycles. The van der Waals surface area contributed by atoms with E-state index in [1.165, 1.54) is 28.9 Å². The second-order valence-electron chi connectivity index (χ2n) is 7.19. The Morgan fingerprint density at radius 1 is 1.10 bits per heavy atom. The van der Waals surface area contributed by atoms with E-state index in [0.29, 0.717) is 29.2 Å². The van der Waals surface area contributed by atoms with Gasteiger partial charge in [-0.2, -0.15) is 0 Å². The summed E-state index contributed by atoms with van der Waals surface area (Å²) in [4.78, 5) is 24.6. The summed E-state index contributed by atoms with van der Waals surface area (Å²) in [5, 5.41) is 13.9. The zero-order valence-electron chi connectivity index (χ0n) is 17.0. The molecule has 1 fully saturated rings. The van der Waals surface area contributed by atoms with Gasteiger partial charge in [0.2, 0.25) is 0 Å². The van der Waals surface area contributed by atoms with Crippen molar-refractivity contribution in [1.29, 1.82) is 0 Å². The molecule has 1 saturated carbocycles. The van der Waals surface area contributed by atoms with Gasteiger partial charge in [0.1, 0.15) is 23.9 Å². The van der Waals surface area contributed by atoms with Crippen molar-refractivity contribution in [1.82, 2.24) is 25.6 Å². The minimum atomic E-state index is -0.365. The molecule has 0 spiro atoms. The third kappa shape index (κ3) is 4.88. The molecule has 0 radical (unpaired) electrons. The lowest BCUT2D eigenvalue weighted by Crippen LogP contribution is -2.27. The summed E-state index contributed by atoms with van der Waals surface area (Å²) in [6.07, 6.45) is 1.89. The molecule has 9 heteroatoms. The van der Waals surface area contributed by atoms with E-state index in [1.807, 2.05) is 6.92 Å². The highest BCUT2D eigenvalue weighted by molar-refractivity contribution is 5.94. The Bertz CT molecular complexity index is 1080. The molecule has 160 valence electrons. The molecule has 4 rings (SSSR count). The van der Waals surface area contributed by atoms with Crippen molar-refractivity contribution in [2.24, 2.45) is 0 Å². The highest BCUT2D eigenvalue weighted by Crippen LogP contribution is 2.21. The van der Waals surface area contributed by atoms with E-state index in [0.717, 1.165) is 12.8 Å². The van der Waals surface area contributed by atoms with Gasteiger partial charge in [0.05, 0.1) is 5.69 Å². The smallest absolute Gasteiger partial charge is 0.274 e. The lowest BCUT2D eigenvalue weighted by Gasteiger charge is -2.11. The fraction of sp³-hybridized carbons (Fsp3) is 0.273. The summed E-state index contributed by atoms with van der Waals surface area (Å²) in [6, 6.07) is 12.6. The first-order valence-electron chi connectivity index (χ1n) is 10.1. The maximum atomic E-state index is 13.2. The quantitative estimate of drug-likeness (QED) is 0.580. The van der Waals surface area contributed by atoms with Gasteiger partial charge in [0.15, 0.2) is 5.69 Å². The summed E-state index contributed by atoms with van der Waals surface area (Å²) in [5.41, 5.74) is 1.76. The Kier molecular flexibility index (Phi) is 5.92. The number of amides is 2. The minimum Gasteiger partial charge on any atom is -0.487 e. The minimum absolute atomic E-state index is 0.00409. The number of carbonyl (C=O) groups excluding carboxylic acids is 2. The Morgan fingerprint density at radius 3 is 2.45 bits per heavy atom. The van der Waals surface area contributed by atoms with E-state index in [4.69, 9.17) is 4.74 Å². The van der Waals surface area contributed by atoms with E-state index in [1.54, 1.807) is 24.3 Å². The average molecular weight is 423 g/mol. The number of halogens is 1. The maximum Gasteiger partial charge on any atom is 0.274 e. The second kappa shape index (κ2) is 8.95. The van der Waals surface area contributed by atoms with Crippen LogP contribution in [-0.2, 0) is 6.61 Å². The summed E-state index contributed by atoms with van der Waals surface area (Å²) in [5.74, 6) is -0.396. The first-order valence-corrected chi connectivity index (χ1v) is 10.1. The van der Waals surface area contributed by atoms with E-state index in [2.05, 4.69) is 20.9 Å². The molecule has 2 amide bonds. The summed E-state index contributed by atoms with van der Waals surface area (Å²) < 4.78 is 20.4. The number of benzene rings is 2. The van der Waals surface area contributed by atoms with E-state index in [9.17, 15) is 14.0 Å². The largest absolute Gasteiger partial charge is 0.487 e. The Hall–Kier alpha value is -3.75. The van der Waals surface area contributed by atoms with Crippen LogP contribution < -0.4 is 15.4 Å². The van der Waals surface area contributed by atoms with Crippen molar-refractivity contribution >= 4 is 11.8 Å². The molecule has 1 aliphatic rings. The molecule has 31 heavy (non-hydrogen) atoms. The van der Waals surface area contributed by atoms with E-state index < -0.39 is 0 Å². The Balaban J connectivity index is 1.61. The van der Waals surface area contributed by atoms with Crippen LogP contribution in [0.1, 0.15) is 46.3 Å². The number of hydrogen-bond acceptors (Lipinski definition) is 5. The van der Waals surface area contributed by atoms with Gasteiger partial charge in [-0.1, -0.05) is 5.21 Å². The van der Waals surface area contributed by atoms with Crippen LogP contribution in [0, 0.1) is 5.82 Å². The monoisotopic (exact) mass is 423 g/mol. The fourth-order valence-corrected chi connectivity index (χ4v) is 3.00.